The Morgan fingerprint density at radius 1 is 0.944 bits per heavy atom. The van der Waals surface area contributed by atoms with Gasteiger partial charge in [-0.2, -0.15) is 0 Å². The van der Waals surface area contributed by atoms with Gasteiger partial charge >= 0.3 is 0 Å². The maximum Gasteiger partial charge on any atom is 0.164 e. The third-order valence-electron chi connectivity index (χ3n) is 7.74. The van der Waals surface area contributed by atoms with Crippen molar-refractivity contribution in [3.8, 4) is 11.5 Å². The highest BCUT2D eigenvalue weighted by Crippen LogP contribution is 2.55. The molecule has 0 spiro atoms. The minimum absolute atomic E-state index is 0.121. The molecule has 194 valence electrons. The van der Waals surface area contributed by atoms with E-state index in [-0.39, 0.29) is 22.4 Å². The summed E-state index contributed by atoms with van der Waals surface area (Å²) in [6, 6.07) is 4.04. The fraction of sp³-hybridized carbons (Fsp3) is 0.548. The summed E-state index contributed by atoms with van der Waals surface area (Å²) in [5.41, 5.74) is 5.42. The molecule has 0 bridgehead atoms. The quantitative estimate of drug-likeness (QED) is 0.406. The average molecular weight is 492 g/mol. The SMILES string of the molecule is C=CCc1cc(C2C3=C(CC(C)(C)CC3=O)N(CCC)C3=C2C(=O)CC(C)(C)C3)cc(OC)c1OC. The van der Waals surface area contributed by atoms with Gasteiger partial charge in [0, 0.05) is 53.4 Å². The first-order valence-corrected chi connectivity index (χ1v) is 13.1. The van der Waals surface area contributed by atoms with Crippen molar-refractivity contribution in [1.29, 1.82) is 0 Å². The maximum absolute atomic E-state index is 13.9. The molecule has 1 aliphatic heterocycles. The molecule has 0 unspecified atom stereocenters. The summed E-state index contributed by atoms with van der Waals surface area (Å²) in [6.07, 6.45) is 5.99. The molecule has 0 radical (unpaired) electrons. The smallest absolute Gasteiger partial charge is 0.164 e. The van der Waals surface area contributed by atoms with E-state index < -0.39 is 5.92 Å². The van der Waals surface area contributed by atoms with Gasteiger partial charge in [-0.1, -0.05) is 46.8 Å². The summed E-state index contributed by atoms with van der Waals surface area (Å²) in [5.74, 6) is 1.19. The Labute approximate surface area is 216 Å². The van der Waals surface area contributed by atoms with Crippen LogP contribution in [0.4, 0.5) is 0 Å². The van der Waals surface area contributed by atoms with E-state index in [9.17, 15) is 9.59 Å². The van der Waals surface area contributed by atoms with Gasteiger partial charge in [-0.25, -0.2) is 0 Å². The fourth-order valence-corrected chi connectivity index (χ4v) is 6.42. The molecule has 4 rings (SSSR count). The first-order valence-electron chi connectivity index (χ1n) is 13.1. The molecule has 0 aromatic heterocycles. The average Bonchev–Trinajstić information content (AvgIpc) is 2.78. The van der Waals surface area contributed by atoms with Crippen molar-refractivity contribution < 1.29 is 19.1 Å². The van der Waals surface area contributed by atoms with Crippen molar-refractivity contribution in [2.75, 3.05) is 20.8 Å². The highest BCUT2D eigenvalue weighted by Gasteiger charge is 2.49. The molecule has 0 amide bonds. The van der Waals surface area contributed by atoms with Gasteiger partial charge in [0.25, 0.3) is 0 Å². The van der Waals surface area contributed by atoms with Crippen LogP contribution in [0.2, 0.25) is 0 Å². The van der Waals surface area contributed by atoms with Crippen molar-refractivity contribution in [3.63, 3.8) is 0 Å². The number of hydrogen-bond acceptors (Lipinski definition) is 5. The second-order valence-electron chi connectivity index (χ2n) is 12.1. The number of rotatable bonds is 7. The lowest BCUT2D eigenvalue weighted by Gasteiger charge is -2.49. The highest BCUT2D eigenvalue weighted by atomic mass is 16.5. The molecular weight excluding hydrogens is 450 g/mol. The molecule has 2 aliphatic carbocycles. The lowest BCUT2D eigenvalue weighted by Crippen LogP contribution is -2.44. The Bertz CT molecular complexity index is 1110. The summed E-state index contributed by atoms with van der Waals surface area (Å²) in [7, 11) is 3.26. The molecule has 1 aromatic carbocycles. The van der Waals surface area contributed by atoms with E-state index >= 15 is 0 Å². The lowest BCUT2D eigenvalue weighted by molar-refractivity contribution is -0.119. The Morgan fingerprint density at radius 3 is 1.94 bits per heavy atom. The van der Waals surface area contributed by atoms with Crippen LogP contribution in [-0.4, -0.2) is 37.2 Å². The molecule has 1 heterocycles. The van der Waals surface area contributed by atoms with Gasteiger partial charge in [0.2, 0.25) is 0 Å². The number of methoxy groups -OCH3 is 2. The molecule has 0 saturated carbocycles. The van der Waals surface area contributed by atoms with E-state index in [1.54, 1.807) is 14.2 Å². The predicted octanol–water partition coefficient (Wildman–Crippen LogP) is 6.53. The van der Waals surface area contributed by atoms with E-state index in [0.29, 0.717) is 30.8 Å². The molecule has 5 nitrogen and oxygen atoms in total. The van der Waals surface area contributed by atoms with E-state index in [0.717, 1.165) is 59.5 Å². The third-order valence-corrected chi connectivity index (χ3v) is 7.74. The first kappa shape index (κ1) is 26.2. The van der Waals surface area contributed by atoms with Crippen LogP contribution < -0.4 is 9.47 Å². The van der Waals surface area contributed by atoms with Gasteiger partial charge in [0.1, 0.15) is 0 Å². The van der Waals surface area contributed by atoms with Gasteiger partial charge in [-0.05, 0) is 48.1 Å². The van der Waals surface area contributed by atoms with Crippen LogP contribution in [0, 0.1) is 10.8 Å². The van der Waals surface area contributed by atoms with Gasteiger partial charge < -0.3 is 14.4 Å². The first-order chi connectivity index (χ1) is 17.0. The van der Waals surface area contributed by atoms with Crippen LogP contribution >= 0.6 is 0 Å². The van der Waals surface area contributed by atoms with Gasteiger partial charge in [-0.3, -0.25) is 9.59 Å². The normalized spacial score (nSPS) is 21.4. The minimum Gasteiger partial charge on any atom is -0.493 e. The van der Waals surface area contributed by atoms with Crippen LogP contribution in [0.25, 0.3) is 0 Å². The molecule has 0 atom stereocenters. The third kappa shape index (κ3) is 4.53. The second kappa shape index (κ2) is 9.57. The summed E-state index contributed by atoms with van der Waals surface area (Å²) in [6.45, 7) is 15.6. The fourth-order valence-electron chi connectivity index (χ4n) is 6.42. The number of nitrogens with zero attached hydrogens (tertiary/aromatic N) is 1. The van der Waals surface area contributed by atoms with E-state index in [1.165, 1.54) is 0 Å². The van der Waals surface area contributed by atoms with E-state index in [1.807, 2.05) is 12.1 Å². The molecule has 0 fully saturated rings. The van der Waals surface area contributed by atoms with Crippen molar-refractivity contribution in [2.24, 2.45) is 10.8 Å². The Balaban J connectivity index is 2.04. The lowest BCUT2D eigenvalue weighted by atomic mass is 9.63. The number of ether oxygens (including phenoxy) is 2. The van der Waals surface area contributed by atoms with Crippen molar-refractivity contribution in [2.45, 2.75) is 79.1 Å². The summed E-state index contributed by atoms with van der Waals surface area (Å²) in [5, 5.41) is 0. The molecule has 1 aromatic rings. The zero-order chi connectivity index (χ0) is 26.4. The van der Waals surface area contributed by atoms with Crippen LogP contribution in [0.3, 0.4) is 0 Å². The predicted molar refractivity (Wildman–Crippen MR) is 143 cm³/mol. The van der Waals surface area contributed by atoms with Crippen LogP contribution in [0.1, 0.15) is 83.8 Å². The number of carbonyl (C=O) groups excluding carboxylic acids is 2. The number of hydrogen-bond donors (Lipinski definition) is 0. The Morgan fingerprint density at radius 2 is 1.50 bits per heavy atom. The molecule has 36 heavy (non-hydrogen) atoms. The zero-order valence-corrected chi connectivity index (χ0v) is 23.0. The van der Waals surface area contributed by atoms with Gasteiger partial charge in [0.05, 0.1) is 14.2 Å². The number of allylic oxidation sites excluding steroid dienone is 5. The number of benzene rings is 1. The van der Waals surface area contributed by atoms with Gasteiger partial charge in [-0.15, -0.1) is 6.58 Å². The number of Topliss-reactive ketones (excluding diaryl/α,β-unsaturated/α-hetero) is 2. The minimum atomic E-state index is -0.390. The van der Waals surface area contributed by atoms with E-state index in [4.69, 9.17) is 9.47 Å². The number of ketones is 2. The standard InChI is InChI=1S/C31H41NO4/c1-9-11-19-13-20(14-25(35-7)29(19)36-8)26-27-21(15-30(3,4)17-23(27)33)32(12-10-2)22-16-31(5,6)18-24(34)28(22)26/h9,13-14,26H,1,10-12,15-18H2,2-8H3. The van der Waals surface area contributed by atoms with Gasteiger partial charge in [0.15, 0.2) is 23.1 Å². The summed E-state index contributed by atoms with van der Waals surface area (Å²) < 4.78 is 11.4. The van der Waals surface area contributed by atoms with Crippen LogP contribution in [0.5, 0.6) is 11.5 Å². The molecule has 3 aliphatic rings. The summed E-state index contributed by atoms with van der Waals surface area (Å²) >= 11 is 0. The Kier molecular flexibility index (Phi) is 6.98. The highest BCUT2D eigenvalue weighted by molar-refractivity contribution is 6.06. The molecule has 0 saturated heterocycles. The van der Waals surface area contributed by atoms with Crippen molar-refractivity contribution in [1.82, 2.24) is 4.90 Å². The molecule has 5 heteroatoms. The van der Waals surface area contributed by atoms with E-state index in [2.05, 4.69) is 52.2 Å². The van der Waals surface area contributed by atoms with Crippen molar-refractivity contribution >= 4 is 11.6 Å². The number of carbonyl (C=O) groups is 2. The monoisotopic (exact) mass is 491 g/mol. The molecular formula is C31H41NO4. The maximum atomic E-state index is 13.9. The second-order valence-corrected chi connectivity index (χ2v) is 12.1. The molecule has 0 N–H and O–H groups in total. The van der Waals surface area contributed by atoms with Crippen LogP contribution in [0.15, 0.2) is 47.3 Å². The van der Waals surface area contributed by atoms with Crippen molar-refractivity contribution in [3.05, 3.63) is 58.5 Å². The van der Waals surface area contributed by atoms with Crippen LogP contribution in [-0.2, 0) is 16.0 Å². The topological polar surface area (TPSA) is 55.8 Å². The largest absolute Gasteiger partial charge is 0.493 e. The zero-order valence-electron chi connectivity index (χ0n) is 23.0. The Hall–Kier alpha value is -2.82. The summed E-state index contributed by atoms with van der Waals surface area (Å²) in [4.78, 5) is 30.1.